The van der Waals surface area contributed by atoms with Crippen LogP contribution in [0.3, 0.4) is 0 Å². The molecule has 2 rings (SSSR count). The maximum Gasteiger partial charge on any atom is 0.240 e. The number of carbonyl (C=O) groups excluding carboxylic acids is 1. The summed E-state index contributed by atoms with van der Waals surface area (Å²) >= 11 is 0. The first-order valence-electron chi connectivity index (χ1n) is 6.80. The molecule has 1 atom stereocenters. The average Bonchev–Trinajstić information content (AvgIpc) is 2.50. The van der Waals surface area contributed by atoms with Crippen molar-refractivity contribution in [3.05, 3.63) is 24.0 Å². The van der Waals surface area contributed by atoms with E-state index < -0.39 is 0 Å². The summed E-state index contributed by atoms with van der Waals surface area (Å²) in [6.45, 7) is 4.77. The van der Waals surface area contributed by atoms with Gasteiger partial charge in [-0.3, -0.25) is 4.79 Å². The molecule has 5 heteroatoms. The first-order chi connectivity index (χ1) is 9.04. The molecule has 1 aromatic heterocycles. The third kappa shape index (κ3) is 3.10. The van der Waals surface area contributed by atoms with Crippen molar-refractivity contribution in [2.75, 3.05) is 7.05 Å². The molecule has 0 saturated carbocycles. The molecule has 1 N–H and O–H groups in total. The van der Waals surface area contributed by atoms with Crippen LogP contribution in [-0.2, 0) is 11.3 Å². The smallest absolute Gasteiger partial charge is 0.240 e. The largest absolute Gasteiger partial charge is 0.330 e. The molecular weight excluding hydrogens is 240 g/mol. The lowest BCUT2D eigenvalue weighted by Crippen LogP contribution is -2.51. The third-order valence-electron chi connectivity index (χ3n) is 3.87. The van der Waals surface area contributed by atoms with Crippen LogP contribution < -0.4 is 5.32 Å². The molecule has 1 aliphatic rings. The monoisotopic (exact) mass is 262 g/mol. The molecule has 0 spiro atoms. The van der Waals surface area contributed by atoms with Crippen LogP contribution in [0.2, 0.25) is 0 Å². The van der Waals surface area contributed by atoms with Crippen molar-refractivity contribution in [1.29, 1.82) is 0 Å². The first kappa shape index (κ1) is 13.9. The molecule has 104 valence electrons. The first-order valence-corrected chi connectivity index (χ1v) is 6.80. The zero-order valence-corrected chi connectivity index (χ0v) is 11.9. The van der Waals surface area contributed by atoms with Gasteiger partial charge in [-0.1, -0.05) is 0 Å². The molecule has 1 fully saturated rings. The van der Waals surface area contributed by atoms with E-state index in [-0.39, 0.29) is 17.5 Å². The Balaban J connectivity index is 2.24. The molecule has 0 radical (unpaired) electrons. The molecule has 19 heavy (non-hydrogen) atoms. The van der Waals surface area contributed by atoms with Gasteiger partial charge in [-0.2, -0.15) is 10.2 Å². The van der Waals surface area contributed by atoms with Gasteiger partial charge in [-0.05, 0) is 52.3 Å². The van der Waals surface area contributed by atoms with Gasteiger partial charge in [0.25, 0.3) is 0 Å². The summed E-state index contributed by atoms with van der Waals surface area (Å²) in [5, 5.41) is 11.1. The molecule has 5 nitrogen and oxygen atoms in total. The van der Waals surface area contributed by atoms with E-state index in [0.29, 0.717) is 6.54 Å². The number of hydrogen-bond donors (Lipinski definition) is 1. The van der Waals surface area contributed by atoms with Crippen molar-refractivity contribution in [3.63, 3.8) is 0 Å². The zero-order chi connectivity index (χ0) is 13.9. The van der Waals surface area contributed by atoms with Crippen molar-refractivity contribution in [3.8, 4) is 0 Å². The molecule has 0 aromatic carbocycles. The quantitative estimate of drug-likeness (QED) is 0.893. The summed E-state index contributed by atoms with van der Waals surface area (Å²) in [4.78, 5) is 14.5. The van der Waals surface area contributed by atoms with E-state index in [1.807, 2.05) is 24.1 Å². The van der Waals surface area contributed by atoms with Gasteiger partial charge < -0.3 is 10.2 Å². The average molecular weight is 262 g/mol. The van der Waals surface area contributed by atoms with Crippen LogP contribution in [0.25, 0.3) is 0 Å². The summed E-state index contributed by atoms with van der Waals surface area (Å²) in [5.74, 6) is 0.163. The van der Waals surface area contributed by atoms with Crippen molar-refractivity contribution < 1.29 is 4.79 Å². The highest BCUT2D eigenvalue weighted by molar-refractivity contribution is 5.82. The van der Waals surface area contributed by atoms with Crippen molar-refractivity contribution in [2.45, 2.75) is 51.2 Å². The summed E-state index contributed by atoms with van der Waals surface area (Å²) in [6.07, 6.45) is 4.61. The fourth-order valence-corrected chi connectivity index (χ4v) is 2.62. The number of likely N-dealkylation sites (N-methyl/N-ethyl adjacent to an activating group) is 1. The molecule has 2 heterocycles. The number of nitrogens with one attached hydrogen (secondary N) is 1. The van der Waals surface area contributed by atoms with Gasteiger partial charge in [0.05, 0.1) is 18.3 Å². The lowest BCUT2D eigenvalue weighted by atomic mass is 9.96. The normalized spacial score (nSPS) is 23.2. The van der Waals surface area contributed by atoms with E-state index in [1.54, 1.807) is 6.20 Å². The van der Waals surface area contributed by atoms with Gasteiger partial charge in [0, 0.05) is 11.7 Å². The van der Waals surface area contributed by atoms with Crippen LogP contribution in [0.15, 0.2) is 18.3 Å². The third-order valence-corrected chi connectivity index (χ3v) is 3.87. The fourth-order valence-electron chi connectivity index (χ4n) is 2.62. The van der Waals surface area contributed by atoms with E-state index in [9.17, 15) is 4.79 Å². The maximum absolute atomic E-state index is 12.6. The Bertz CT molecular complexity index is 432. The number of rotatable bonds is 3. The van der Waals surface area contributed by atoms with E-state index in [4.69, 9.17) is 0 Å². The second-order valence-electron chi connectivity index (χ2n) is 5.69. The maximum atomic E-state index is 12.6. The van der Waals surface area contributed by atoms with E-state index in [0.717, 1.165) is 25.0 Å². The summed E-state index contributed by atoms with van der Waals surface area (Å²) < 4.78 is 0. The van der Waals surface area contributed by atoms with Crippen LogP contribution in [0.1, 0.15) is 38.8 Å². The van der Waals surface area contributed by atoms with Gasteiger partial charge >= 0.3 is 0 Å². The van der Waals surface area contributed by atoms with Crippen molar-refractivity contribution >= 4 is 5.91 Å². The lowest BCUT2D eigenvalue weighted by molar-refractivity contribution is -0.138. The number of nitrogens with zero attached hydrogens (tertiary/aromatic N) is 3. The highest BCUT2D eigenvalue weighted by Gasteiger charge is 2.37. The summed E-state index contributed by atoms with van der Waals surface area (Å²) in [6, 6.07) is 3.68. The van der Waals surface area contributed by atoms with Gasteiger partial charge in [0.2, 0.25) is 5.91 Å². The fraction of sp³-hybridized carbons (Fsp3) is 0.643. The van der Waals surface area contributed by atoms with E-state index in [2.05, 4.69) is 29.4 Å². The SMILES string of the molecule is CNC1CCCC(C)(C)N(Cc2cccnn2)C1=O. The number of amides is 1. The zero-order valence-electron chi connectivity index (χ0n) is 11.9. The topological polar surface area (TPSA) is 58.1 Å². The minimum absolute atomic E-state index is 0.0848. The summed E-state index contributed by atoms with van der Waals surface area (Å²) in [7, 11) is 1.85. The number of likely N-dealkylation sites (tertiary alicyclic amines) is 1. The Hall–Kier alpha value is -1.49. The van der Waals surface area contributed by atoms with Crippen LogP contribution in [0, 0.1) is 0 Å². The standard InChI is InChI=1S/C14H22N4O/c1-14(2)8-4-7-12(15-3)13(19)18(14)10-11-6-5-9-16-17-11/h5-6,9,12,15H,4,7-8,10H2,1-3H3. The number of aromatic nitrogens is 2. The minimum Gasteiger partial charge on any atom is -0.330 e. The molecule has 1 aliphatic heterocycles. The second-order valence-corrected chi connectivity index (χ2v) is 5.69. The van der Waals surface area contributed by atoms with Crippen molar-refractivity contribution in [1.82, 2.24) is 20.4 Å². The molecular formula is C14H22N4O. The number of hydrogen-bond acceptors (Lipinski definition) is 4. The minimum atomic E-state index is -0.139. The van der Waals surface area contributed by atoms with Crippen LogP contribution in [0.4, 0.5) is 0 Å². The van der Waals surface area contributed by atoms with E-state index >= 15 is 0 Å². The molecule has 1 unspecified atom stereocenters. The van der Waals surface area contributed by atoms with Gasteiger partial charge in [-0.25, -0.2) is 0 Å². The van der Waals surface area contributed by atoms with Gasteiger partial charge in [0.1, 0.15) is 0 Å². The molecule has 1 saturated heterocycles. The molecule has 1 amide bonds. The Morgan fingerprint density at radius 2 is 2.32 bits per heavy atom. The lowest BCUT2D eigenvalue weighted by Gasteiger charge is -2.38. The number of carbonyl (C=O) groups is 1. The Labute approximate surface area is 114 Å². The summed E-state index contributed by atoms with van der Waals surface area (Å²) in [5.41, 5.74) is 0.695. The molecule has 0 aliphatic carbocycles. The van der Waals surface area contributed by atoms with Crippen LogP contribution in [0.5, 0.6) is 0 Å². The Morgan fingerprint density at radius 3 is 2.95 bits per heavy atom. The van der Waals surface area contributed by atoms with Crippen LogP contribution >= 0.6 is 0 Å². The molecule has 1 aromatic rings. The Kier molecular flexibility index (Phi) is 4.14. The predicted octanol–water partition coefficient (Wildman–Crippen LogP) is 1.36. The highest BCUT2D eigenvalue weighted by atomic mass is 16.2. The van der Waals surface area contributed by atoms with Crippen LogP contribution in [-0.4, -0.2) is 39.6 Å². The van der Waals surface area contributed by atoms with Gasteiger partial charge in [0.15, 0.2) is 0 Å². The molecule has 0 bridgehead atoms. The Morgan fingerprint density at radius 1 is 1.53 bits per heavy atom. The van der Waals surface area contributed by atoms with Crippen molar-refractivity contribution in [2.24, 2.45) is 0 Å². The predicted molar refractivity (Wildman–Crippen MR) is 73.4 cm³/mol. The highest BCUT2D eigenvalue weighted by Crippen LogP contribution is 2.28. The van der Waals surface area contributed by atoms with E-state index in [1.165, 1.54) is 0 Å². The van der Waals surface area contributed by atoms with Gasteiger partial charge in [-0.15, -0.1) is 0 Å². The second kappa shape index (κ2) is 5.65.